The van der Waals surface area contributed by atoms with Gasteiger partial charge in [0.15, 0.2) is 0 Å². The van der Waals surface area contributed by atoms with Crippen molar-refractivity contribution in [1.29, 1.82) is 0 Å². The van der Waals surface area contributed by atoms with Gasteiger partial charge in [-0.15, -0.1) is 0 Å². The SMILES string of the molecule is Cn1ccc2c1CCCc1[nH]c(=O)n(Cc3ccccc3)c1-2. The van der Waals surface area contributed by atoms with Crippen molar-refractivity contribution in [3.63, 3.8) is 0 Å². The van der Waals surface area contributed by atoms with E-state index in [1.807, 2.05) is 22.8 Å². The second-order valence-corrected chi connectivity index (χ2v) is 5.97. The first kappa shape index (κ1) is 13.2. The van der Waals surface area contributed by atoms with E-state index in [1.54, 1.807) is 0 Å². The average Bonchev–Trinajstić information content (AvgIpc) is 2.96. The Morgan fingerprint density at radius 2 is 1.95 bits per heavy atom. The Balaban J connectivity index is 1.89. The molecule has 0 aliphatic heterocycles. The van der Waals surface area contributed by atoms with Gasteiger partial charge in [0.25, 0.3) is 0 Å². The molecule has 4 heteroatoms. The summed E-state index contributed by atoms with van der Waals surface area (Å²) in [7, 11) is 2.08. The summed E-state index contributed by atoms with van der Waals surface area (Å²) < 4.78 is 4.06. The molecule has 0 bridgehead atoms. The van der Waals surface area contributed by atoms with Crippen molar-refractivity contribution in [2.75, 3.05) is 0 Å². The number of rotatable bonds is 2. The lowest BCUT2D eigenvalue weighted by Gasteiger charge is -2.09. The number of nitrogens with one attached hydrogen (secondary N) is 1. The minimum atomic E-state index is -0.00874. The minimum Gasteiger partial charge on any atom is -0.354 e. The van der Waals surface area contributed by atoms with Crippen LogP contribution in [0.25, 0.3) is 11.3 Å². The van der Waals surface area contributed by atoms with Gasteiger partial charge in [0.1, 0.15) is 0 Å². The predicted octanol–water partition coefficient (Wildman–Crippen LogP) is 2.72. The molecule has 1 aliphatic rings. The lowest BCUT2D eigenvalue weighted by molar-refractivity contribution is 0.744. The average molecular weight is 293 g/mol. The van der Waals surface area contributed by atoms with Crippen LogP contribution in [0.3, 0.4) is 0 Å². The van der Waals surface area contributed by atoms with Crippen molar-refractivity contribution >= 4 is 0 Å². The van der Waals surface area contributed by atoms with Gasteiger partial charge in [0.05, 0.1) is 12.2 Å². The molecule has 2 aromatic heterocycles. The Morgan fingerprint density at radius 1 is 1.14 bits per heavy atom. The van der Waals surface area contributed by atoms with Crippen LogP contribution >= 0.6 is 0 Å². The molecule has 4 nitrogen and oxygen atoms in total. The van der Waals surface area contributed by atoms with Gasteiger partial charge in [-0.05, 0) is 30.9 Å². The monoisotopic (exact) mass is 293 g/mol. The fourth-order valence-corrected chi connectivity index (χ4v) is 3.45. The molecule has 0 fully saturated rings. The van der Waals surface area contributed by atoms with Crippen LogP contribution in [-0.4, -0.2) is 14.1 Å². The summed E-state index contributed by atoms with van der Waals surface area (Å²) in [5.74, 6) is 0. The normalized spacial score (nSPS) is 13.5. The highest BCUT2D eigenvalue weighted by atomic mass is 16.1. The van der Waals surface area contributed by atoms with E-state index in [2.05, 4.69) is 41.0 Å². The Hall–Kier alpha value is -2.49. The van der Waals surface area contributed by atoms with E-state index in [9.17, 15) is 4.79 Å². The molecule has 0 spiro atoms. The second-order valence-electron chi connectivity index (χ2n) is 5.97. The molecular formula is C18H19N3O. The standard InChI is InChI=1S/C18H19N3O/c1-20-11-10-14-16(20)9-5-8-15-17(14)21(18(22)19-15)12-13-6-3-2-4-7-13/h2-4,6-7,10-11H,5,8-9,12H2,1H3,(H,19,22). The van der Waals surface area contributed by atoms with Gasteiger partial charge in [0.2, 0.25) is 0 Å². The summed E-state index contributed by atoms with van der Waals surface area (Å²) in [6.45, 7) is 0.611. The summed E-state index contributed by atoms with van der Waals surface area (Å²) in [5, 5.41) is 0. The van der Waals surface area contributed by atoms with Crippen molar-refractivity contribution in [3.05, 3.63) is 70.0 Å². The number of aryl methyl sites for hydroxylation is 2. The molecule has 0 atom stereocenters. The molecule has 0 amide bonds. The van der Waals surface area contributed by atoms with Crippen LogP contribution in [-0.2, 0) is 26.4 Å². The van der Waals surface area contributed by atoms with Gasteiger partial charge in [-0.3, -0.25) is 4.57 Å². The number of fused-ring (bicyclic) bond motifs is 3. The Kier molecular flexibility index (Phi) is 3.03. The molecule has 0 saturated carbocycles. The van der Waals surface area contributed by atoms with E-state index in [-0.39, 0.29) is 5.69 Å². The number of imidazole rings is 1. The highest BCUT2D eigenvalue weighted by Gasteiger charge is 2.22. The summed E-state index contributed by atoms with van der Waals surface area (Å²) in [5.41, 5.74) is 5.80. The predicted molar refractivity (Wildman–Crippen MR) is 87.0 cm³/mol. The molecule has 4 rings (SSSR count). The number of H-pyrrole nitrogens is 1. The van der Waals surface area contributed by atoms with Gasteiger partial charge in [0, 0.05) is 30.2 Å². The van der Waals surface area contributed by atoms with Crippen LogP contribution in [0.5, 0.6) is 0 Å². The fraction of sp³-hybridized carbons (Fsp3) is 0.278. The largest absolute Gasteiger partial charge is 0.354 e. The first-order chi connectivity index (χ1) is 10.7. The summed E-state index contributed by atoms with van der Waals surface area (Å²) in [6.07, 6.45) is 5.15. The number of hydrogen-bond donors (Lipinski definition) is 1. The fourth-order valence-electron chi connectivity index (χ4n) is 3.45. The maximum atomic E-state index is 12.4. The summed E-state index contributed by atoms with van der Waals surface area (Å²) in [4.78, 5) is 15.5. The van der Waals surface area contributed by atoms with Crippen LogP contribution in [0, 0.1) is 0 Å². The van der Waals surface area contributed by atoms with Gasteiger partial charge in [-0.1, -0.05) is 30.3 Å². The molecule has 0 radical (unpaired) electrons. The van der Waals surface area contributed by atoms with E-state index in [1.165, 1.54) is 11.3 Å². The number of benzene rings is 1. The molecule has 1 N–H and O–H groups in total. The third-order valence-electron chi connectivity index (χ3n) is 4.54. The number of hydrogen-bond acceptors (Lipinski definition) is 1. The number of nitrogens with zero attached hydrogens (tertiary/aromatic N) is 2. The van der Waals surface area contributed by atoms with Crippen molar-refractivity contribution in [2.24, 2.45) is 7.05 Å². The zero-order chi connectivity index (χ0) is 15.1. The summed E-state index contributed by atoms with van der Waals surface area (Å²) >= 11 is 0. The van der Waals surface area contributed by atoms with Crippen LogP contribution in [0.2, 0.25) is 0 Å². The first-order valence-electron chi connectivity index (χ1n) is 7.74. The number of aromatic amines is 1. The maximum Gasteiger partial charge on any atom is 0.326 e. The lowest BCUT2D eigenvalue weighted by Crippen LogP contribution is -2.18. The van der Waals surface area contributed by atoms with E-state index in [0.717, 1.165) is 36.2 Å². The first-order valence-corrected chi connectivity index (χ1v) is 7.74. The molecule has 0 saturated heterocycles. The maximum absolute atomic E-state index is 12.4. The lowest BCUT2D eigenvalue weighted by atomic mass is 10.1. The molecule has 1 aliphatic carbocycles. The van der Waals surface area contributed by atoms with Gasteiger partial charge < -0.3 is 9.55 Å². The van der Waals surface area contributed by atoms with E-state index < -0.39 is 0 Å². The Morgan fingerprint density at radius 3 is 2.77 bits per heavy atom. The van der Waals surface area contributed by atoms with Crippen LogP contribution in [0.15, 0.2) is 47.4 Å². The van der Waals surface area contributed by atoms with E-state index in [0.29, 0.717) is 6.54 Å². The Bertz CT molecular complexity index is 868. The van der Waals surface area contributed by atoms with Crippen LogP contribution in [0.1, 0.15) is 23.4 Å². The Labute approximate surface area is 129 Å². The summed E-state index contributed by atoms with van der Waals surface area (Å²) in [6, 6.07) is 12.3. The molecule has 22 heavy (non-hydrogen) atoms. The van der Waals surface area contributed by atoms with Gasteiger partial charge in [-0.2, -0.15) is 0 Å². The van der Waals surface area contributed by atoms with E-state index >= 15 is 0 Å². The van der Waals surface area contributed by atoms with Crippen molar-refractivity contribution in [1.82, 2.24) is 14.1 Å². The highest BCUT2D eigenvalue weighted by molar-refractivity contribution is 5.67. The highest BCUT2D eigenvalue weighted by Crippen LogP contribution is 2.31. The van der Waals surface area contributed by atoms with Crippen LogP contribution in [0.4, 0.5) is 0 Å². The minimum absolute atomic E-state index is 0.00874. The van der Waals surface area contributed by atoms with Crippen molar-refractivity contribution in [2.45, 2.75) is 25.8 Å². The van der Waals surface area contributed by atoms with Crippen molar-refractivity contribution < 1.29 is 0 Å². The molecule has 112 valence electrons. The quantitative estimate of drug-likeness (QED) is 0.775. The molecule has 1 aromatic carbocycles. The molecular weight excluding hydrogens is 274 g/mol. The smallest absolute Gasteiger partial charge is 0.326 e. The zero-order valence-corrected chi connectivity index (χ0v) is 12.7. The molecule has 3 aromatic rings. The third-order valence-corrected chi connectivity index (χ3v) is 4.54. The zero-order valence-electron chi connectivity index (χ0n) is 12.7. The van der Waals surface area contributed by atoms with Gasteiger partial charge >= 0.3 is 5.69 Å². The second kappa shape index (κ2) is 5.05. The molecule has 0 unspecified atom stereocenters. The van der Waals surface area contributed by atoms with E-state index in [4.69, 9.17) is 0 Å². The van der Waals surface area contributed by atoms with Crippen molar-refractivity contribution in [3.8, 4) is 11.3 Å². The third kappa shape index (κ3) is 2.03. The van der Waals surface area contributed by atoms with Gasteiger partial charge in [-0.25, -0.2) is 4.79 Å². The molecule has 2 heterocycles. The topological polar surface area (TPSA) is 42.7 Å². The number of aromatic nitrogens is 3. The van der Waals surface area contributed by atoms with Crippen LogP contribution < -0.4 is 5.69 Å².